The van der Waals surface area contributed by atoms with E-state index in [9.17, 15) is 4.79 Å². The lowest BCUT2D eigenvalue weighted by atomic mass is 10.2. The van der Waals surface area contributed by atoms with Crippen molar-refractivity contribution in [2.45, 2.75) is 26.2 Å². The predicted molar refractivity (Wildman–Crippen MR) is 81.9 cm³/mol. The SMILES string of the molecule is CCOc1ccccc1NC(=O)c1cc2c(s1)CCC2. The van der Waals surface area contributed by atoms with Crippen LogP contribution in [0, 0.1) is 0 Å². The third-order valence-electron chi connectivity index (χ3n) is 3.41. The third-order valence-corrected chi connectivity index (χ3v) is 4.64. The zero-order chi connectivity index (χ0) is 13.9. The molecular formula is C16H17NO2S. The minimum Gasteiger partial charge on any atom is -0.492 e. The van der Waals surface area contributed by atoms with Crippen LogP contribution in [0.5, 0.6) is 5.75 Å². The summed E-state index contributed by atoms with van der Waals surface area (Å²) in [6.07, 6.45) is 3.44. The van der Waals surface area contributed by atoms with Crippen LogP contribution >= 0.6 is 11.3 Å². The standard InChI is InChI=1S/C16H17NO2S/c1-2-19-13-8-4-3-7-12(13)17-16(18)15-10-11-6-5-9-14(11)20-15/h3-4,7-8,10H,2,5-6,9H2,1H3,(H,17,18). The highest BCUT2D eigenvalue weighted by Crippen LogP contribution is 2.31. The molecule has 1 aromatic carbocycles. The Bertz CT molecular complexity index is 612. The number of carbonyl (C=O) groups excluding carboxylic acids is 1. The van der Waals surface area contributed by atoms with Crippen molar-refractivity contribution < 1.29 is 9.53 Å². The number of aryl methyl sites for hydroxylation is 2. The van der Waals surface area contributed by atoms with Crippen LogP contribution in [-0.4, -0.2) is 12.5 Å². The van der Waals surface area contributed by atoms with E-state index in [1.807, 2.05) is 37.3 Å². The second-order valence-electron chi connectivity index (χ2n) is 4.80. The van der Waals surface area contributed by atoms with Gasteiger partial charge in [-0.05, 0) is 49.9 Å². The lowest BCUT2D eigenvalue weighted by molar-refractivity contribution is 0.103. The van der Waals surface area contributed by atoms with E-state index in [-0.39, 0.29) is 5.91 Å². The first-order valence-electron chi connectivity index (χ1n) is 6.92. The van der Waals surface area contributed by atoms with Crippen LogP contribution in [0.2, 0.25) is 0 Å². The summed E-state index contributed by atoms with van der Waals surface area (Å²) in [4.78, 5) is 14.5. The molecule has 2 aromatic rings. The Morgan fingerprint density at radius 1 is 1.35 bits per heavy atom. The topological polar surface area (TPSA) is 38.3 Å². The van der Waals surface area contributed by atoms with Gasteiger partial charge in [0.2, 0.25) is 0 Å². The Balaban J connectivity index is 1.78. The van der Waals surface area contributed by atoms with Crippen LogP contribution in [0.25, 0.3) is 0 Å². The number of rotatable bonds is 4. The fourth-order valence-corrected chi connectivity index (χ4v) is 3.62. The molecular weight excluding hydrogens is 270 g/mol. The van der Waals surface area contributed by atoms with Crippen LogP contribution in [0.3, 0.4) is 0 Å². The highest BCUT2D eigenvalue weighted by atomic mass is 32.1. The number of benzene rings is 1. The Morgan fingerprint density at radius 2 is 2.20 bits per heavy atom. The van der Waals surface area contributed by atoms with Gasteiger partial charge in [0.25, 0.3) is 5.91 Å². The number of thiophene rings is 1. The Morgan fingerprint density at radius 3 is 3.00 bits per heavy atom. The first-order chi connectivity index (χ1) is 9.78. The molecule has 0 bridgehead atoms. The average molecular weight is 287 g/mol. The van der Waals surface area contributed by atoms with Crippen molar-refractivity contribution >= 4 is 22.9 Å². The molecule has 0 radical (unpaired) electrons. The molecule has 0 fully saturated rings. The fourth-order valence-electron chi connectivity index (χ4n) is 2.48. The van der Waals surface area contributed by atoms with E-state index in [0.29, 0.717) is 12.4 Å². The van der Waals surface area contributed by atoms with Crippen LogP contribution in [0.4, 0.5) is 5.69 Å². The maximum atomic E-state index is 12.3. The van der Waals surface area contributed by atoms with E-state index in [2.05, 4.69) is 5.32 Å². The average Bonchev–Trinajstić information content (AvgIpc) is 3.02. The molecule has 4 heteroatoms. The molecule has 20 heavy (non-hydrogen) atoms. The highest BCUT2D eigenvalue weighted by molar-refractivity contribution is 7.14. The molecule has 1 heterocycles. The van der Waals surface area contributed by atoms with Crippen LogP contribution in [0.1, 0.15) is 33.5 Å². The molecule has 104 valence electrons. The van der Waals surface area contributed by atoms with Crippen molar-refractivity contribution in [3.05, 3.63) is 45.6 Å². The molecule has 3 nitrogen and oxygen atoms in total. The monoisotopic (exact) mass is 287 g/mol. The number of anilines is 1. The molecule has 1 aliphatic rings. The van der Waals surface area contributed by atoms with Gasteiger partial charge < -0.3 is 10.1 Å². The smallest absolute Gasteiger partial charge is 0.265 e. The van der Waals surface area contributed by atoms with Crippen LogP contribution in [0.15, 0.2) is 30.3 Å². The van der Waals surface area contributed by atoms with Gasteiger partial charge in [-0.3, -0.25) is 4.79 Å². The largest absolute Gasteiger partial charge is 0.492 e. The second-order valence-corrected chi connectivity index (χ2v) is 5.93. The first-order valence-corrected chi connectivity index (χ1v) is 7.74. The minimum atomic E-state index is -0.0449. The number of nitrogens with one attached hydrogen (secondary N) is 1. The van der Waals surface area contributed by atoms with Gasteiger partial charge in [-0.15, -0.1) is 11.3 Å². The molecule has 1 N–H and O–H groups in total. The van der Waals surface area contributed by atoms with Crippen LogP contribution in [-0.2, 0) is 12.8 Å². The summed E-state index contributed by atoms with van der Waals surface area (Å²) >= 11 is 1.62. The van der Waals surface area contributed by atoms with Gasteiger partial charge >= 0.3 is 0 Å². The first kappa shape index (κ1) is 13.2. The summed E-state index contributed by atoms with van der Waals surface area (Å²) in [5.41, 5.74) is 2.08. The molecule has 0 aliphatic heterocycles. The number of hydrogen-bond acceptors (Lipinski definition) is 3. The summed E-state index contributed by atoms with van der Waals surface area (Å²) in [6, 6.07) is 9.57. The zero-order valence-corrected chi connectivity index (χ0v) is 12.3. The summed E-state index contributed by atoms with van der Waals surface area (Å²) < 4.78 is 5.52. The lowest BCUT2D eigenvalue weighted by Gasteiger charge is -2.10. The highest BCUT2D eigenvalue weighted by Gasteiger charge is 2.19. The van der Waals surface area contributed by atoms with Gasteiger partial charge in [-0.2, -0.15) is 0 Å². The number of fused-ring (bicyclic) bond motifs is 1. The van der Waals surface area contributed by atoms with Crippen molar-refractivity contribution in [3.8, 4) is 5.75 Å². The predicted octanol–water partition coefficient (Wildman–Crippen LogP) is 3.89. The minimum absolute atomic E-state index is 0.0449. The number of para-hydroxylation sites is 2. The molecule has 1 aliphatic carbocycles. The number of ether oxygens (including phenoxy) is 1. The number of hydrogen-bond donors (Lipinski definition) is 1. The Kier molecular flexibility index (Phi) is 3.74. The molecule has 1 amide bonds. The number of carbonyl (C=O) groups is 1. The van der Waals surface area contributed by atoms with E-state index >= 15 is 0 Å². The number of amides is 1. The molecule has 0 spiro atoms. The van der Waals surface area contributed by atoms with Crippen molar-refractivity contribution in [2.24, 2.45) is 0 Å². The zero-order valence-electron chi connectivity index (χ0n) is 11.4. The van der Waals surface area contributed by atoms with Crippen molar-refractivity contribution in [2.75, 3.05) is 11.9 Å². The van der Waals surface area contributed by atoms with Crippen LogP contribution < -0.4 is 10.1 Å². The van der Waals surface area contributed by atoms with E-state index < -0.39 is 0 Å². The molecule has 1 aromatic heterocycles. The fraction of sp³-hybridized carbons (Fsp3) is 0.312. The van der Waals surface area contributed by atoms with Gasteiger partial charge in [0, 0.05) is 4.88 Å². The molecule has 0 saturated heterocycles. The van der Waals surface area contributed by atoms with Crippen molar-refractivity contribution in [3.63, 3.8) is 0 Å². The van der Waals surface area contributed by atoms with E-state index in [0.717, 1.165) is 23.4 Å². The van der Waals surface area contributed by atoms with Gasteiger partial charge in [-0.25, -0.2) is 0 Å². The van der Waals surface area contributed by atoms with Gasteiger partial charge in [0.15, 0.2) is 0 Å². The maximum Gasteiger partial charge on any atom is 0.265 e. The summed E-state index contributed by atoms with van der Waals surface area (Å²) in [6.45, 7) is 2.52. The molecule has 0 unspecified atom stereocenters. The van der Waals surface area contributed by atoms with Crippen molar-refractivity contribution in [1.82, 2.24) is 0 Å². The Labute approximate surface area is 122 Å². The normalized spacial score (nSPS) is 13.1. The second kappa shape index (κ2) is 5.67. The van der Waals surface area contributed by atoms with Crippen molar-refractivity contribution in [1.29, 1.82) is 0 Å². The molecule has 0 atom stereocenters. The molecule has 3 rings (SSSR count). The van der Waals surface area contributed by atoms with E-state index in [4.69, 9.17) is 4.74 Å². The summed E-state index contributed by atoms with van der Waals surface area (Å²) in [7, 11) is 0. The quantitative estimate of drug-likeness (QED) is 0.926. The maximum absolute atomic E-state index is 12.3. The van der Waals surface area contributed by atoms with E-state index in [1.165, 1.54) is 16.9 Å². The molecule has 0 saturated carbocycles. The van der Waals surface area contributed by atoms with E-state index in [1.54, 1.807) is 11.3 Å². The van der Waals surface area contributed by atoms with Gasteiger partial charge in [0.1, 0.15) is 5.75 Å². The van der Waals surface area contributed by atoms with Gasteiger partial charge in [0.05, 0.1) is 17.2 Å². The lowest BCUT2D eigenvalue weighted by Crippen LogP contribution is -2.11. The third kappa shape index (κ3) is 2.56. The van der Waals surface area contributed by atoms with Gasteiger partial charge in [-0.1, -0.05) is 12.1 Å². The summed E-state index contributed by atoms with van der Waals surface area (Å²) in [5, 5.41) is 2.95. The Hall–Kier alpha value is -1.81. The summed E-state index contributed by atoms with van der Waals surface area (Å²) in [5.74, 6) is 0.670.